The van der Waals surface area contributed by atoms with Gasteiger partial charge in [-0.05, 0) is 24.5 Å². The van der Waals surface area contributed by atoms with Crippen LogP contribution in [-0.4, -0.2) is 35.6 Å². The molecule has 0 saturated carbocycles. The van der Waals surface area contributed by atoms with Crippen molar-refractivity contribution in [1.82, 2.24) is 5.32 Å². The molecule has 0 radical (unpaired) electrons. The van der Waals surface area contributed by atoms with Crippen molar-refractivity contribution >= 4 is 17.6 Å². The second kappa shape index (κ2) is 6.16. The first-order chi connectivity index (χ1) is 9.91. The highest BCUT2D eigenvalue weighted by Crippen LogP contribution is 2.33. The van der Waals surface area contributed by atoms with Gasteiger partial charge in [0.25, 0.3) is 0 Å². The van der Waals surface area contributed by atoms with Crippen molar-refractivity contribution in [3.63, 3.8) is 0 Å². The number of nitrogens with one attached hydrogen (secondary N) is 1. The molecule has 0 fully saturated rings. The highest BCUT2D eigenvalue weighted by Gasteiger charge is 2.39. The summed E-state index contributed by atoms with van der Waals surface area (Å²) in [5.74, 6) is -0.663. The molecule has 5 heteroatoms. The topological polar surface area (TPSA) is 69.6 Å². The quantitative estimate of drug-likeness (QED) is 0.865. The third kappa shape index (κ3) is 3.17. The Morgan fingerprint density at radius 2 is 2.00 bits per heavy atom. The number of amides is 1. The Morgan fingerprint density at radius 1 is 1.33 bits per heavy atom. The molecule has 114 valence electrons. The summed E-state index contributed by atoms with van der Waals surface area (Å²) in [5, 5.41) is 12.3. The predicted molar refractivity (Wildman–Crippen MR) is 81.4 cm³/mol. The maximum Gasteiger partial charge on any atom is 0.326 e. The number of para-hydroxylation sites is 1. The number of nitrogens with zero attached hydrogens (tertiary/aromatic N) is 1. The Balaban J connectivity index is 2.22. The zero-order chi connectivity index (χ0) is 15.6. The van der Waals surface area contributed by atoms with Gasteiger partial charge in [-0.2, -0.15) is 0 Å². The van der Waals surface area contributed by atoms with Gasteiger partial charge in [0.15, 0.2) is 0 Å². The molecule has 5 nitrogen and oxygen atoms in total. The second-order valence-corrected chi connectivity index (χ2v) is 5.91. The first kappa shape index (κ1) is 15.4. The number of anilines is 1. The molecule has 1 aliphatic rings. The summed E-state index contributed by atoms with van der Waals surface area (Å²) in [7, 11) is 0. The van der Waals surface area contributed by atoms with Crippen molar-refractivity contribution < 1.29 is 14.7 Å². The summed E-state index contributed by atoms with van der Waals surface area (Å²) in [6.07, 6.45) is 0.438. The third-order valence-corrected chi connectivity index (χ3v) is 3.79. The Kier molecular flexibility index (Phi) is 4.50. The fourth-order valence-electron chi connectivity index (χ4n) is 2.67. The lowest BCUT2D eigenvalue weighted by molar-refractivity contribution is -0.138. The van der Waals surface area contributed by atoms with Crippen LogP contribution < -0.4 is 10.2 Å². The van der Waals surface area contributed by atoms with E-state index in [4.69, 9.17) is 0 Å². The van der Waals surface area contributed by atoms with Gasteiger partial charge >= 0.3 is 5.97 Å². The van der Waals surface area contributed by atoms with E-state index in [2.05, 4.69) is 5.32 Å². The average Bonchev–Trinajstić information content (AvgIpc) is 2.83. The van der Waals surface area contributed by atoms with E-state index >= 15 is 0 Å². The number of hydrogen-bond donors (Lipinski definition) is 2. The van der Waals surface area contributed by atoms with E-state index in [9.17, 15) is 14.7 Å². The molecular formula is C16H22N2O3. The molecule has 2 rings (SSSR count). The smallest absolute Gasteiger partial charge is 0.326 e. The van der Waals surface area contributed by atoms with E-state index in [-0.39, 0.29) is 5.91 Å². The first-order valence-corrected chi connectivity index (χ1v) is 7.28. The average molecular weight is 290 g/mol. The van der Waals surface area contributed by atoms with Gasteiger partial charge < -0.3 is 15.3 Å². The molecule has 1 heterocycles. The van der Waals surface area contributed by atoms with Gasteiger partial charge in [0.2, 0.25) is 5.91 Å². The molecule has 1 aromatic rings. The van der Waals surface area contributed by atoms with Gasteiger partial charge in [-0.3, -0.25) is 4.79 Å². The molecule has 2 unspecified atom stereocenters. The summed E-state index contributed by atoms with van der Waals surface area (Å²) in [5.41, 5.74) is 1.82. The lowest BCUT2D eigenvalue weighted by Gasteiger charge is -2.30. The standard InChI is InChI=1S/C16H22N2O3/c1-10(2)9-17-15(19)11(3)18-13-7-5-4-6-12(13)8-14(18)16(20)21/h4-7,10-11,14H,8-9H2,1-3H3,(H,17,19)(H,20,21). The van der Waals surface area contributed by atoms with Crippen molar-refractivity contribution in [1.29, 1.82) is 0 Å². The SMILES string of the molecule is CC(C)CNC(=O)C(C)N1c2ccccc2CC1C(=O)O. The monoisotopic (exact) mass is 290 g/mol. The van der Waals surface area contributed by atoms with Gasteiger partial charge in [-0.25, -0.2) is 4.79 Å². The lowest BCUT2D eigenvalue weighted by Crippen LogP contribution is -2.51. The van der Waals surface area contributed by atoms with Crippen LogP contribution in [0.1, 0.15) is 26.3 Å². The van der Waals surface area contributed by atoms with Crippen molar-refractivity contribution in [2.75, 3.05) is 11.4 Å². The van der Waals surface area contributed by atoms with Gasteiger partial charge in [0.1, 0.15) is 12.1 Å². The van der Waals surface area contributed by atoms with Gasteiger partial charge in [-0.15, -0.1) is 0 Å². The summed E-state index contributed by atoms with van der Waals surface area (Å²) >= 11 is 0. The number of benzene rings is 1. The molecule has 2 atom stereocenters. The van der Waals surface area contributed by atoms with E-state index < -0.39 is 18.1 Å². The normalized spacial score (nSPS) is 18.5. The van der Waals surface area contributed by atoms with Crippen molar-refractivity contribution in [3.05, 3.63) is 29.8 Å². The molecule has 2 N–H and O–H groups in total. The molecule has 1 amide bonds. The minimum atomic E-state index is -0.894. The molecule has 1 aliphatic heterocycles. The van der Waals surface area contributed by atoms with Crippen LogP contribution in [0.3, 0.4) is 0 Å². The summed E-state index contributed by atoms with van der Waals surface area (Å²) < 4.78 is 0. The highest BCUT2D eigenvalue weighted by molar-refractivity contribution is 5.90. The maximum atomic E-state index is 12.3. The van der Waals surface area contributed by atoms with Crippen LogP contribution >= 0.6 is 0 Å². The largest absolute Gasteiger partial charge is 0.480 e. The van der Waals surface area contributed by atoms with Gasteiger partial charge in [0.05, 0.1) is 0 Å². The maximum absolute atomic E-state index is 12.3. The third-order valence-electron chi connectivity index (χ3n) is 3.79. The Labute approximate surface area is 125 Å². The van der Waals surface area contributed by atoms with Crippen LogP contribution in [0.4, 0.5) is 5.69 Å². The number of hydrogen-bond acceptors (Lipinski definition) is 3. The van der Waals surface area contributed by atoms with Crippen molar-refractivity contribution in [2.45, 2.75) is 39.3 Å². The number of carbonyl (C=O) groups excluding carboxylic acids is 1. The predicted octanol–water partition coefficient (Wildman–Crippen LogP) is 1.66. The number of carboxylic acids is 1. The molecule has 0 saturated heterocycles. The van der Waals surface area contributed by atoms with Crippen LogP contribution in [0.15, 0.2) is 24.3 Å². The first-order valence-electron chi connectivity index (χ1n) is 7.28. The second-order valence-electron chi connectivity index (χ2n) is 5.91. The number of carboxylic acid groups (broad SMARTS) is 1. The van der Waals surface area contributed by atoms with Crippen LogP contribution in [0.25, 0.3) is 0 Å². The molecule has 0 aliphatic carbocycles. The molecule has 1 aromatic carbocycles. The fraction of sp³-hybridized carbons (Fsp3) is 0.500. The van der Waals surface area contributed by atoms with Gasteiger partial charge in [0, 0.05) is 18.7 Å². The van der Waals surface area contributed by atoms with Crippen LogP contribution in [-0.2, 0) is 16.0 Å². The van der Waals surface area contributed by atoms with Crippen molar-refractivity contribution in [3.8, 4) is 0 Å². The van der Waals surface area contributed by atoms with Crippen LogP contribution in [0.2, 0.25) is 0 Å². The zero-order valence-corrected chi connectivity index (χ0v) is 12.7. The molecule has 0 spiro atoms. The Hall–Kier alpha value is -2.04. The lowest BCUT2D eigenvalue weighted by atomic mass is 10.1. The number of fused-ring (bicyclic) bond motifs is 1. The number of aliphatic carboxylic acids is 1. The van der Waals surface area contributed by atoms with E-state index in [0.29, 0.717) is 18.9 Å². The van der Waals surface area contributed by atoms with E-state index in [1.165, 1.54) is 0 Å². The van der Waals surface area contributed by atoms with E-state index in [1.807, 2.05) is 38.1 Å². The Bertz CT molecular complexity index is 542. The minimum absolute atomic E-state index is 0.133. The minimum Gasteiger partial charge on any atom is -0.480 e. The fourth-order valence-corrected chi connectivity index (χ4v) is 2.67. The summed E-state index contributed by atoms with van der Waals surface area (Å²) in [4.78, 5) is 25.5. The molecule has 0 aromatic heterocycles. The van der Waals surface area contributed by atoms with E-state index in [0.717, 1.165) is 11.3 Å². The zero-order valence-electron chi connectivity index (χ0n) is 12.7. The summed E-state index contributed by atoms with van der Waals surface area (Å²) in [6, 6.07) is 6.38. The van der Waals surface area contributed by atoms with Crippen LogP contribution in [0, 0.1) is 5.92 Å². The van der Waals surface area contributed by atoms with Crippen molar-refractivity contribution in [2.24, 2.45) is 5.92 Å². The van der Waals surface area contributed by atoms with Crippen LogP contribution in [0.5, 0.6) is 0 Å². The van der Waals surface area contributed by atoms with Gasteiger partial charge in [-0.1, -0.05) is 32.0 Å². The Morgan fingerprint density at radius 3 is 2.62 bits per heavy atom. The summed E-state index contributed by atoms with van der Waals surface area (Å²) in [6.45, 7) is 6.40. The highest BCUT2D eigenvalue weighted by atomic mass is 16.4. The molecule has 21 heavy (non-hydrogen) atoms. The number of carbonyl (C=O) groups is 2. The molecule has 0 bridgehead atoms. The number of rotatable bonds is 5. The van der Waals surface area contributed by atoms with E-state index in [1.54, 1.807) is 11.8 Å². The molecular weight excluding hydrogens is 268 g/mol.